The molecule has 0 fully saturated rings. The van der Waals surface area contributed by atoms with Gasteiger partial charge in [-0.25, -0.2) is 4.79 Å². The molecule has 2 aromatic carbocycles. The Bertz CT molecular complexity index is 924. The van der Waals surface area contributed by atoms with Gasteiger partial charge in [0, 0.05) is 11.6 Å². The molecule has 0 unspecified atom stereocenters. The maximum Gasteiger partial charge on any atom is 0.338 e. The summed E-state index contributed by atoms with van der Waals surface area (Å²) in [5.41, 5.74) is 3.38. The number of benzene rings is 2. The van der Waals surface area contributed by atoms with Gasteiger partial charge in [-0.15, -0.1) is 11.8 Å². The fraction of sp³-hybridized carbons (Fsp3) is 0.409. The number of halogens is 1. The molecule has 28 heavy (non-hydrogen) atoms. The molecule has 0 aromatic heterocycles. The van der Waals surface area contributed by atoms with Gasteiger partial charge in [-0.05, 0) is 74.4 Å². The van der Waals surface area contributed by atoms with Crippen LogP contribution < -0.4 is 10.1 Å². The summed E-state index contributed by atoms with van der Waals surface area (Å²) in [5.74, 6) is 1.45. The average molecular weight is 418 g/mol. The van der Waals surface area contributed by atoms with Gasteiger partial charge in [-0.1, -0.05) is 17.7 Å². The van der Waals surface area contributed by atoms with Gasteiger partial charge in [0.2, 0.25) is 0 Å². The van der Waals surface area contributed by atoms with Crippen molar-refractivity contribution in [3.63, 3.8) is 0 Å². The zero-order valence-electron chi connectivity index (χ0n) is 16.3. The van der Waals surface area contributed by atoms with Crippen LogP contribution in [-0.2, 0) is 15.9 Å². The third kappa shape index (κ3) is 3.83. The Labute approximate surface area is 174 Å². The minimum atomic E-state index is -0.526. The van der Waals surface area contributed by atoms with Crippen molar-refractivity contribution in [3.8, 4) is 5.75 Å². The summed E-state index contributed by atoms with van der Waals surface area (Å²) in [7, 11) is 0. The van der Waals surface area contributed by atoms with E-state index < -0.39 is 5.60 Å². The van der Waals surface area contributed by atoms with E-state index in [2.05, 4.69) is 17.4 Å². The van der Waals surface area contributed by atoms with Crippen LogP contribution in [0.1, 0.15) is 42.3 Å². The first kappa shape index (κ1) is 19.5. The highest BCUT2D eigenvalue weighted by atomic mass is 35.5. The highest BCUT2D eigenvalue weighted by Gasteiger charge is 2.40. The molecule has 6 heteroatoms. The van der Waals surface area contributed by atoms with Crippen molar-refractivity contribution < 1.29 is 14.3 Å². The van der Waals surface area contributed by atoms with Crippen LogP contribution >= 0.6 is 23.4 Å². The fourth-order valence-electron chi connectivity index (χ4n) is 3.65. The Morgan fingerprint density at radius 2 is 2.07 bits per heavy atom. The Morgan fingerprint density at radius 3 is 2.86 bits per heavy atom. The quantitative estimate of drug-likeness (QED) is 0.639. The van der Waals surface area contributed by atoms with E-state index in [1.807, 2.05) is 50.7 Å². The first-order valence-corrected chi connectivity index (χ1v) is 10.8. The molecule has 1 N–H and O–H groups in total. The summed E-state index contributed by atoms with van der Waals surface area (Å²) in [6.07, 6.45) is 1.01. The van der Waals surface area contributed by atoms with E-state index in [9.17, 15) is 4.79 Å². The van der Waals surface area contributed by atoms with Crippen molar-refractivity contribution in [1.82, 2.24) is 0 Å². The maximum absolute atomic E-state index is 12.4. The highest BCUT2D eigenvalue weighted by molar-refractivity contribution is 8.00. The van der Waals surface area contributed by atoms with Gasteiger partial charge in [0.15, 0.2) is 0 Å². The van der Waals surface area contributed by atoms with Crippen LogP contribution in [0, 0.1) is 0 Å². The number of fused-ring (bicyclic) bond motifs is 3. The lowest BCUT2D eigenvalue weighted by Gasteiger charge is -2.37. The molecular weight excluding hydrogens is 394 g/mol. The zero-order chi connectivity index (χ0) is 19.9. The van der Waals surface area contributed by atoms with Crippen LogP contribution in [0.3, 0.4) is 0 Å². The van der Waals surface area contributed by atoms with Gasteiger partial charge in [0.1, 0.15) is 18.0 Å². The van der Waals surface area contributed by atoms with E-state index in [0.29, 0.717) is 12.2 Å². The highest BCUT2D eigenvalue weighted by Crippen LogP contribution is 2.46. The predicted octanol–water partition coefficient (Wildman–Crippen LogP) is 5.28. The van der Waals surface area contributed by atoms with Crippen LogP contribution in [0.5, 0.6) is 5.75 Å². The second-order valence-electron chi connectivity index (χ2n) is 8.25. The Morgan fingerprint density at radius 1 is 1.25 bits per heavy atom. The smallest absolute Gasteiger partial charge is 0.338 e. The van der Waals surface area contributed by atoms with Crippen molar-refractivity contribution >= 4 is 35.0 Å². The maximum atomic E-state index is 12.4. The molecule has 0 saturated carbocycles. The fourth-order valence-corrected chi connectivity index (χ4v) is 5.23. The summed E-state index contributed by atoms with van der Waals surface area (Å²) >= 11 is 8.12. The van der Waals surface area contributed by atoms with Gasteiger partial charge in [-0.3, -0.25) is 0 Å². The zero-order valence-corrected chi connectivity index (χ0v) is 17.9. The van der Waals surface area contributed by atoms with Crippen molar-refractivity contribution in [2.45, 2.75) is 37.5 Å². The minimum absolute atomic E-state index is 0.177. The molecule has 1 spiro atoms. The molecule has 2 aromatic rings. The Kier molecular flexibility index (Phi) is 5.00. The largest absolute Gasteiger partial charge is 0.490 e. The number of hydrogen-bond donors (Lipinski definition) is 1. The molecule has 4 nitrogen and oxygen atoms in total. The third-order valence-electron chi connectivity index (χ3n) is 4.95. The van der Waals surface area contributed by atoms with E-state index in [1.165, 1.54) is 11.1 Å². The molecule has 0 amide bonds. The number of rotatable bonds is 1. The van der Waals surface area contributed by atoms with Crippen LogP contribution in [0.15, 0.2) is 36.4 Å². The summed E-state index contributed by atoms with van der Waals surface area (Å²) < 4.78 is 11.5. The monoisotopic (exact) mass is 417 g/mol. The normalized spacial score (nSPS) is 21.0. The number of thioether (sulfide) groups is 1. The van der Waals surface area contributed by atoms with Crippen LogP contribution in [0.4, 0.5) is 5.69 Å². The second-order valence-corrected chi connectivity index (χ2v) is 10.2. The summed E-state index contributed by atoms with van der Waals surface area (Å²) in [5, 5.41) is 4.28. The molecule has 2 heterocycles. The van der Waals surface area contributed by atoms with Crippen molar-refractivity contribution in [3.05, 3.63) is 58.1 Å². The molecule has 0 bridgehead atoms. The molecule has 4 rings (SSSR count). The van der Waals surface area contributed by atoms with Gasteiger partial charge in [-0.2, -0.15) is 0 Å². The first-order valence-electron chi connectivity index (χ1n) is 9.43. The van der Waals surface area contributed by atoms with Crippen LogP contribution in [0.25, 0.3) is 0 Å². The number of aryl methyl sites for hydroxylation is 1. The minimum Gasteiger partial charge on any atom is -0.490 e. The number of carbonyl (C=O) groups is 1. The third-order valence-corrected chi connectivity index (χ3v) is 6.63. The number of carbonyl (C=O) groups excluding carboxylic acids is 1. The topological polar surface area (TPSA) is 47.6 Å². The van der Waals surface area contributed by atoms with Gasteiger partial charge in [0.05, 0.1) is 16.0 Å². The van der Waals surface area contributed by atoms with Gasteiger partial charge in [0.25, 0.3) is 0 Å². The summed E-state index contributed by atoms with van der Waals surface area (Å²) in [6, 6.07) is 11.6. The average Bonchev–Trinajstić information content (AvgIpc) is 2.80. The summed E-state index contributed by atoms with van der Waals surface area (Å²) in [6.45, 7) is 6.88. The van der Waals surface area contributed by atoms with Crippen LogP contribution in [-0.4, -0.2) is 30.5 Å². The molecule has 148 valence electrons. The molecule has 2 aliphatic rings. The predicted molar refractivity (Wildman–Crippen MR) is 115 cm³/mol. The van der Waals surface area contributed by atoms with Gasteiger partial charge < -0.3 is 14.8 Å². The van der Waals surface area contributed by atoms with Crippen molar-refractivity contribution in [2.24, 2.45) is 0 Å². The molecular formula is C22H24ClNO3S. The molecule has 1 atom stereocenters. The Hall–Kier alpha value is -1.85. The summed E-state index contributed by atoms with van der Waals surface area (Å²) in [4.78, 5) is 12.4. The molecule has 0 aliphatic carbocycles. The van der Waals surface area contributed by atoms with E-state index in [1.54, 1.807) is 6.07 Å². The van der Waals surface area contributed by atoms with Crippen LogP contribution in [0.2, 0.25) is 5.02 Å². The first-order chi connectivity index (χ1) is 13.3. The number of ether oxygens (including phenoxy) is 2. The van der Waals surface area contributed by atoms with Crippen molar-refractivity contribution in [2.75, 3.05) is 24.2 Å². The lowest BCUT2D eigenvalue weighted by atomic mass is 9.91. The van der Waals surface area contributed by atoms with Crippen molar-refractivity contribution in [1.29, 1.82) is 0 Å². The lowest BCUT2D eigenvalue weighted by molar-refractivity contribution is 0.00696. The number of hydrogen-bond acceptors (Lipinski definition) is 5. The van der Waals surface area contributed by atoms with E-state index in [4.69, 9.17) is 21.1 Å². The SMILES string of the molecule is CC(C)(C)OC(=O)c1ccc2c(c1)NC[C@]1(CO2)SCCc2cc(Cl)ccc21. The van der Waals surface area contributed by atoms with E-state index in [0.717, 1.165) is 35.2 Å². The lowest BCUT2D eigenvalue weighted by Crippen LogP contribution is -2.39. The molecule has 2 aliphatic heterocycles. The Balaban J connectivity index is 1.61. The molecule has 0 saturated heterocycles. The van der Waals surface area contributed by atoms with E-state index in [-0.39, 0.29) is 10.7 Å². The standard InChI is InChI=1S/C22H24ClNO3S/c1-21(2,3)27-20(25)15-4-7-19-18(11-15)24-12-22(13-26-19)17-6-5-16(23)10-14(17)8-9-28-22/h4-7,10-11,24H,8-9,12-13H2,1-3H3/t22-/m1/s1. The van der Waals surface area contributed by atoms with E-state index >= 15 is 0 Å². The number of anilines is 1. The number of nitrogens with one attached hydrogen (secondary N) is 1. The van der Waals surface area contributed by atoms with Gasteiger partial charge >= 0.3 is 5.97 Å². The molecule has 0 radical (unpaired) electrons. The second kappa shape index (κ2) is 7.20. The number of esters is 1.